The fourth-order valence-corrected chi connectivity index (χ4v) is 2.70. The number of ether oxygens (including phenoxy) is 1. The number of aromatic nitrogens is 1. The van der Waals surface area contributed by atoms with Crippen molar-refractivity contribution in [1.29, 1.82) is 5.26 Å². The van der Waals surface area contributed by atoms with Gasteiger partial charge in [-0.05, 0) is 60.7 Å². The smallest absolute Gasteiger partial charge is 0.270 e. The molecule has 6 nitrogen and oxygen atoms in total. The first-order chi connectivity index (χ1) is 13.7. The van der Waals surface area contributed by atoms with Crippen molar-refractivity contribution >= 4 is 16.8 Å². The number of amides is 1. The second-order valence-electron chi connectivity index (χ2n) is 6.05. The predicted molar refractivity (Wildman–Crippen MR) is 103 cm³/mol. The third-order valence-electron chi connectivity index (χ3n) is 4.12. The van der Waals surface area contributed by atoms with Crippen molar-refractivity contribution in [1.82, 2.24) is 10.3 Å². The molecule has 0 saturated carbocycles. The lowest BCUT2D eigenvalue weighted by molar-refractivity contribution is 0.0943. The maximum atomic E-state index is 12.3. The summed E-state index contributed by atoms with van der Waals surface area (Å²) >= 11 is 0. The fourth-order valence-electron chi connectivity index (χ4n) is 2.70. The molecule has 0 atom stereocenters. The van der Waals surface area contributed by atoms with E-state index in [2.05, 4.69) is 16.4 Å². The summed E-state index contributed by atoms with van der Waals surface area (Å²) < 4.78 is 11.0. The van der Waals surface area contributed by atoms with E-state index < -0.39 is 0 Å². The van der Waals surface area contributed by atoms with E-state index in [1.54, 1.807) is 60.9 Å². The Morgan fingerprint density at radius 3 is 2.64 bits per heavy atom. The molecule has 0 spiro atoms. The van der Waals surface area contributed by atoms with Gasteiger partial charge < -0.3 is 14.5 Å². The average molecular weight is 369 g/mol. The number of nitrogens with zero attached hydrogens (tertiary/aromatic N) is 2. The van der Waals surface area contributed by atoms with Gasteiger partial charge in [-0.3, -0.25) is 4.79 Å². The monoisotopic (exact) mass is 369 g/mol. The lowest BCUT2D eigenvalue weighted by Crippen LogP contribution is -2.23. The summed E-state index contributed by atoms with van der Waals surface area (Å²) in [6, 6.07) is 21.5. The highest BCUT2D eigenvalue weighted by molar-refractivity contribution is 5.95. The van der Waals surface area contributed by atoms with Gasteiger partial charge in [-0.2, -0.15) is 5.26 Å². The second-order valence-corrected chi connectivity index (χ2v) is 6.05. The average Bonchev–Trinajstić information content (AvgIpc) is 3.26. The van der Waals surface area contributed by atoms with Crippen LogP contribution >= 0.6 is 0 Å². The van der Waals surface area contributed by atoms with Crippen molar-refractivity contribution in [3.8, 4) is 17.6 Å². The Hall–Kier alpha value is -4.11. The molecule has 0 saturated heterocycles. The first kappa shape index (κ1) is 17.3. The zero-order chi connectivity index (χ0) is 19.3. The lowest BCUT2D eigenvalue weighted by atomic mass is 10.2. The molecule has 2 aromatic carbocycles. The summed E-state index contributed by atoms with van der Waals surface area (Å²) in [5.41, 5.74) is 1.60. The van der Waals surface area contributed by atoms with Crippen LogP contribution in [0.1, 0.15) is 21.8 Å². The molecule has 4 aromatic rings. The van der Waals surface area contributed by atoms with Crippen molar-refractivity contribution in [3.05, 3.63) is 90.0 Å². The van der Waals surface area contributed by atoms with Crippen LogP contribution in [-0.2, 0) is 6.54 Å². The van der Waals surface area contributed by atoms with Crippen molar-refractivity contribution in [2.45, 2.75) is 6.54 Å². The number of furan rings is 1. The number of hydrogen-bond acceptors (Lipinski definition) is 5. The molecule has 1 amide bonds. The second kappa shape index (κ2) is 7.64. The number of fused-ring (bicyclic) bond motifs is 1. The van der Waals surface area contributed by atoms with Crippen LogP contribution in [0, 0.1) is 11.3 Å². The molecule has 0 fully saturated rings. The minimum atomic E-state index is -0.267. The van der Waals surface area contributed by atoms with Gasteiger partial charge in [-0.15, -0.1) is 0 Å². The molecule has 0 aliphatic carbocycles. The van der Waals surface area contributed by atoms with Gasteiger partial charge in [0.2, 0.25) is 0 Å². The number of nitrogens with one attached hydrogen (secondary N) is 1. The van der Waals surface area contributed by atoms with E-state index in [1.807, 2.05) is 12.1 Å². The molecule has 2 heterocycles. The quantitative estimate of drug-likeness (QED) is 0.562. The molecule has 0 unspecified atom stereocenters. The first-order valence-electron chi connectivity index (χ1n) is 8.61. The number of carbonyl (C=O) groups is 1. The minimum Gasteiger partial charge on any atom is -0.467 e. The van der Waals surface area contributed by atoms with Crippen LogP contribution in [0.4, 0.5) is 0 Å². The molecule has 6 heteroatoms. The molecule has 0 aliphatic heterocycles. The van der Waals surface area contributed by atoms with E-state index in [4.69, 9.17) is 14.4 Å². The van der Waals surface area contributed by atoms with Crippen LogP contribution in [0.3, 0.4) is 0 Å². The Morgan fingerprint density at radius 1 is 1.07 bits per heavy atom. The van der Waals surface area contributed by atoms with E-state index in [0.717, 1.165) is 5.39 Å². The number of hydrogen-bond donors (Lipinski definition) is 1. The van der Waals surface area contributed by atoms with Crippen LogP contribution in [0.5, 0.6) is 11.5 Å². The van der Waals surface area contributed by atoms with Crippen LogP contribution < -0.4 is 10.1 Å². The Morgan fingerprint density at radius 2 is 1.89 bits per heavy atom. The summed E-state index contributed by atoms with van der Waals surface area (Å²) in [6.07, 6.45) is 1.56. The SMILES string of the molecule is N#Cc1ccc(Oc2ccc3nc(C(=O)NCc4ccco4)ccc3c2)cc1. The predicted octanol–water partition coefficient (Wildman–Crippen LogP) is 4.42. The van der Waals surface area contributed by atoms with Gasteiger partial charge in [0.25, 0.3) is 5.91 Å². The zero-order valence-corrected chi connectivity index (χ0v) is 14.8. The molecule has 0 radical (unpaired) electrons. The molecular formula is C22H15N3O3. The molecule has 0 bridgehead atoms. The van der Waals surface area contributed by atoms with E-state index in [1.165, 1.54) is 0 Å². The zero-order valence-electron chi connectivity index (χ0n) is 14.8. The summed E-state index contributed by atoms with van der Waals surface area (Å²) in [5, 5.41) is 12.5. The molecule has 0 aliphatic rings. The van der Waals surface area contributed by atoms with Gasteiger partial charge in [0.1, 0.15) is 23.0 Å². The van der Waals surface area contributed by atoms with Gasteiger partial charge >= 0.3 is 0 Å². The third kappa shape index (κ3) is 3.84. The summed E-state index contributed by atoms with van der Waals surface area (Å²) in [6.45, 7) is 0.308. The molecule has 2 aromatic heterocycles. The standard InChI is InChI=1S/C22H15N3O3/c23-13-15-3-6-17(7-4-15)28-18-8-10-20-16(12-18)5-9-21(25-20)22(26)24-14-19-2-1-11-27-19/h1-12H,14H2,(H,24,26). The highest BCUT2D eigenvalue weighted by Crippen LogP contribution is 2.25. The normalized spacial score (nSPS) is 10.4. The topological polar surface area (TPSA) is 88.1 Å². The number of nitriles is 1. The molecule has 136 valence electrons. The number of rotatable bonds is 5. The maximum absolute atomic E-state index is 12.3. The minimum absolute atomic E-state index is 0.267. The van der Waals surface area contributed by atoms with Gasteiger partial charge in [-0.25, -0.2) is 4.98 Å². The number of benzene rings is 2. The van der Waals surface area contributed by atoms with Gasteiger partial charge in [0.15, 0.2) is 0 Å². The van der Waals surface area contributed by atoms with Crippen molar-refractivity contribution < 1.29 is 13.9 Å². The van der Waals surface area contributed by atoms with Crippen LogP contribution in [0.25, 0.3) is 10.9 Å². The maximum Gasteiger partial charge on any atom is 0.270 e. The summed E-state index contributed by atoms with van der Waals surface area (Å²) in [4.78, 5) is 16.7. The van der Waals surface area contributed by atoms with E-state index in [0.29, 0.717) is 40.6 Å². The molecule has 4 rings (SSSR count). The Balaban J connectivity index is 1.48. The molecular weight excluding hydrogens is 354 g/mol. The molecule has 1 N–H and O–H groups in total. The fraction of sp³-hybridized carbons (Fsp3) is 0.0455. The summed E-state index contributed by atoms with van der Waals surface area (Å²) in [7, 11) is 0. The van der Waals surface area contributed by atoms with E-state index >= 15 is 0 Å². The Labute approximate surface area is 161 Å². The van der Waals surface area contributed by atoms with Crippen molar-refractivity contribution in [2.24, 2.45) is 0 Å². The highest BCUT2D eigenvalue weighted by atomic mass is 16.5. The molecule has 28 heavy (non-hydrogen) atoms. The first-order valence-corrected chi connectivity index (χ1v) is 8.61. The number of pyridine rings is 1. The van der Waals surface area contributed by atoms with E-state index in [-0.39, 0.29) is 5.91 Å². The highest BCUT2D eigenvalue weighted by Gasteiger charge is 2.09. The Bertz CT molecular complexity index is 1160. The van der Waals surface area contributed by atoms with Crippen molar-refractivity contribution in [3.63, 3.8) is 0 Å². The van der Waals surface area contributed by atoms with Crippen LogP contribution in [0.15, 0.2) is 77.4 Å². The third-order valence-corrected chi connectivity index (χ3v) is 4.12. The van der Waals surface area contributed by atoms with E-state index in [9.17, 15) is 4.79 Å². The van der Waals surface area contributed by atoms with Gasteiger partial charge in [0, 0.05) is 5.39 Å². The summed E-state index contributed by atoms with van der Waals surface area (Å²) in [5.74, 6) is 1.70. The van der Waals surface area contributed by atoms with Gasteiger partial charge in [-0.1, -0.05) is 6.07 Å². The lowest BCUT2D eigenvalue weighted by Gasteiger charge is -2.08. The van der Waals surface area contributed by atoms with Gasteiger partial charge in [0.05, 0.1) is 30.0 Å². The van der Waals surface area contributed by atoms with Crippen molar-refractivity contribution in [2.75, 3.05) is 0 Å². The number of carbonyl (C=O) groups excluding carboxylic acids is 1. The van der Waals surface area contributed by atoms with Crippen LogP contribution in [0.2, 0.25) is 0 Å². The Kier molecular flexibility index (Phi) is 4.72. The largest absolute Gasteiger partial charge is 0.467 e. The van der Waals surface area contributed by atoms with Crippen LogP contribution in [-0.4, -0.2) is 10.9 Å².